The molecule has 15 heavy (non-hydrogen) atoms. The number of sulfone groups is 1. The summed E-state index contributed by atoms with van der Waals surface area (Å²) in [6.45, 7) is 1.86. The van der Waals surface area contributed by atoms with Gasteiger partial charge in [0, 0.05) is 18.1 Å². The second kappa shape index (κ2) is 5.64. The van der Waals surface area contributed by atoms with Crippen LogP contribution in [0.15, 0.2) is 0 Å². The second-order valence-corrected chi connectivity index (χ2v) is 6.65. The fraction of sp³-hybridized carbons (Fsp3) is 0.909. The zero-order valence-electron chi connectivity index (χ0n) is 9.37. The van der Waals surface area contributed by atoms with E-state index < -0.39 is 9.84 Å². The SMILES string of the molecule is CCCS(=O)(=O)CCC1CCCCC1=O. The molecule has 0 amide bonds. The standard InChI is InChI=1S/C11H20O3S/c1-2-8-15(13,14)9-7-10-5-3-4-6-11(10)12/h10H,2-9H2,1H3. The quantitative estimate of drug-likeness (QED) is 0.728. The molecule has 1 saturated carbocycles. The van der Waals surface area contributed by atoms with Gasteiger partial charge in [-0.05, 0) is 25.7 Å². The maximum absolute atomic E-state index is 11.5. The maximum Gasteiger partial charge on any atom is 0.150 e. The highest BCUT2D eigenvalue weighted by molar-refractivity contribution is 7.91. The molecule has 0 N–H and O–H groups in total. The average Bonchev–Trinajstić information content (AvgIpc) is 2.16. The first kappa shape index (κ1) is 12.7. The lowest BCUT2D eigenvalue weighted by molar-refractivity contribution is -0.124. The molecule has 0 aromatic carbocycles. The largest absolute Gasteiger partial charge is 0.299 e. The first-order valence-electron chi connectivity index (χ1n) is 5.78. The lowest BCUT2D eigenvalue weighted by atomic mass is 9.86. The van der Waals surface area contributed by atoms with E-state index in [1.165, 1.54) is 0 Å². The second-order valence-electron chi connectivity index (χ2n) is 4.35. The van der Waals surface area contributed by atoms with Crippen LogP contribution >= 0.6 is 0 Å². The molecule has 0 aromatic heterocycles. The fourth-order valence-corrected chi connectivity index (χ4v) is 3.57. The highest BCUT2D eigenvalue weighted by Gasteiger charge is 2.23. The van der Waals surface area contributed by atoms with E-state index in [1.807, 2.05) is 6.92 Å². The molecule has 0 radical (unpaired) electrons. The summed E-state index contributed by atoms with van der Waals surface area (Å²) in [5.74, 6) is 0.740. The van der Waals surface area contributed by atoms with E-state index in [2.05, 4.69) is 0 Å². The van der Waals surface area contributed by atoms with E-state index in [9.17, 15) is 13.2 Å². The van der Waals surface area contributed by atoms with Crippen LogP contribution in [0.2, 0.25) is 0 Å². The summed E-state index contributed by atoms with van der Waals surface area (Å²) in [6, 6.07) is 0. The topological polar surface area (TPSA) is 51.2 Å². The Bertz CT molecular complexity index is 306. The third-order valence-electron chi connectivity index (χ3n) is 2.97. The molecule has 1 fully saturated rings. The van der Waals surface area contributed by atoms with Crippen LogP contribution in [-0.4, -0.2) is 25.7 Å². The van der Waals surface area contributed by atoms with Crippen LogP contribution < -0.4 is 0 Å². The molecule has 4 heteroatoms. The molecular formula is C11H20O3S. The third-order valence-corrected chi connectivity index (χ3v) is 4.86. The number of Topliss-reactive ketones (excluding diaryl/α,β-unsaturated/α-hetero) is 1. The first-order valence-corrected chi connectivity index (χ1v) is 7.60. The van der Waals surface area contributed by atoms with Crippen molar-refractivity contribution < 1.29 is 13.2 Å². The van der Waals surface area contributed by atoms with E-state index in [-0.39, 0.29) is 23.2 Å². The van der Waals surface area contributed by atoms with Gasteiger partial charge in [-0.2, -0.15) is 0 Å². The van der Waals surface area contributed by atoms with Crippen LogP contribution in [-0.2, 0) is 14.6 Å². The summed E-state index contributed by atoms with van der Waals surface area (Å²) < 4.78 is 22.9. The molecule has 0 aliphatic heterocycles. The highest BCUT2D eigenvalue weighted by atomic mass is 32.2. The highest BCUT2D eigenvalue weighted by Crippen LogP contribution is 2.23. The van der Waals surface area contributed by atoms with Gasteiger partial charge < -0.3 is 0 Å². The predicted octanol–water partition coefficient (Wildman–Crippen LogP) is 1.96. The van der Waals surface area contributed by atoms with E-state index in [0.29, 0.717) is 19.3 Å². The lowest BCUT2D eigenvalue weighted by Gasteiger charge is -2.19. The van der Waals surface area contributed by atoms with Crippen LogP contribution in [0.3, 0.4) is 0 Å². The summed E-state index contributed by atoms with van der Waals surface area (Å²) in [4.78, 5) is 11.5. The molecule has 3 nitrogen and oxygen atoms in total. The van der Waals surface area contributed by atoms with Crippen LogP contribution in [0.5, 0.6) is 0 Å². The summed E-state index contributed by atoms with van der Waals surface area (Å²) in [6.07, 6.45) is 4.81. The number of ketones is 1. The number of hydrogen-bond acceptors (Lipinski definition) is 3. The van der Waals surface area contributed by atoms with Gasteiger partial charge in [0.25, 0.3) is 0 Å². The smallest absolute Gasteiger partial charge is 0.150 e. The number of carbonyl (C=O) groups is 1. The molecular weight excluding hydrogens is 212 g/mol. The van der Waals surface area contributed by atoms with Gasteiger partial charge in [0.05, 0.1) is 5.75 Å². The molecule has 0 spiro atoms. The van der Waals surface area contributed by atoms with E-state index in [4.69, 9.17) is 0 Å². The van der Waals surface area contributed by atoms with Crippen molar-refractivity contribution in [2.45, 2.75) is 45.4 Å². The van der Waals surface area contributed by atoms with Crippen molar-refractivity contribution >= 4 is 15.6 Å². The minimum atomic E-state index is -2.91. The van der Waals surface area contributed by atoms with Crippen molar-refractivity contribution in [1.82, 2.24) is 0 Å². The Balaban J connectivity index is 2.38. The average molecular weight is 232 g/mol. The van der Waals surface area contributed by atoms with E-state index in [0.717, 1.165) is 19.3 Å². The van der Waals surface area contributed by atoms with Gasteiger partial charge in [-0.25, -0.2) is 8.42 Å². The minimum absolute atomic E-state index is 0.0189. The van der Waals surface area contributed by atoms with Gasteiger partial charge in [0.1, 0.15) is 15.6 Å². The zero-order valence-corrected chi connectivity index (χ0v) is 10.2. The third kappa shape index (κ3) is 4.33. The van der Waals surface area contributed by atoms with Crippen molar-refractivity contribution in [1.29, 1.82) is 0 Å². The lowest BCUT2D eigenvalue weighted by Crippen LogP contribution is -2.22. The molecule has 1 atom stereocenters. The Labute approximate surface area is 92.2 Å². The molecule has 0 aromatic rings. The van der Waals surface area contributed by atoms with Gasteiger partial charge in [-0.3, -0.25) is 4.79 Å². The monoisotopic (exact) mass is 232 g/mol. The Morgan fingerprint density at radius 1 is 1.27 bits per heavy atom. The Kier molecular flexibility index (Phi) is 4.77. The first-order chi connectivity index (χ1) is 7.05. The zero-order chi connectivity index (χ0) is 11.3. The van der Waals surface area contributed by atoms with Crippen molar-refractivity contribution in [2.24, 2.45) is 5.92 Å². The van der Waals surface area contributed by atoms with Crippen molar-refractivity contribution in [3.8, 4) is 0 Å². The van der Waals surface area contributed by atoms with Gasteiger partial charge in [0.2, 0.25) is 0 Å². The summed E-state index contributed by atoms with van der Waals surface area (Å²) in [5.41, 5.74) is 0. The van der Waals surface area contributed by atoms with Crippen LogP contribution in [0, 0.1) is 5.92 Å². The normalized spacial score (nSPS) is 23.0. The molecule has 1 unspecified atom stereocenters. The molecule has 1 aliphatic rings. The van der Waals surface area contributed by atoms with Gasteiger partial charge in [-0.15, -0.1) is 0 Å². The molecule has 1 aliphatic carbocycles. The summed E-state index contributed by atoms with van der Waals surface area (Å²) >= 11 is 0. The molecule has 0 bridgehead atoms. The predicted molar refractivity (Wildman–Crippen MR) is 60.5 cm³/mol. The number of carbonyl (C=O) groups excluding carboxylic acids is 1. The molecule has 1 rings (SSSR count). The van der Waals surface area contributed by atoms with Gasteiger partial charge >= 0.3 is 0 Å². The molecule has 0 saturated heterocycles. The Morgan fingerprint density at radius 2 is 2.00 bits per heavy atom. The molecule has 0 heterocycles. The van der Waals surface area contributed by atoms with E-state index in [1.54, 1.807) is 0 Å². The molecule has 88 valence electrons. The number of rotatable bonds is 5. The van der Waals surface area contributed by atoms with Crippen LogP contribution in [0.4, 0.5) is 0 Å². The summed E-state index contributed by atoms with van der Waals surface area (Å²) in [7, 11) is -2.91. The van der Waals surface area contributed by atoms with Crippen molar-refractivity contribution in [3.05, 3.63) is 0 Å². The fourth-order valence-electron chi connectivity index (χ4n) is 2.10. The van der Waals surface area contributed by atoms with Gasteiger partial charge in [0.15, 0.2) is 0 Å². The Morgan fingerprint density at radius 3 is 2.60 bits per heavy atom. The number of hydrogen-bond donors (Lipinski definition) is 0. The Hall–Kier alpha value is -0.380. The van der Waals surface area contributed by atoms with Crippen LogP contribution in [0.25, 0.3) is 0 Å². The maximum atomic E-state index is 11.5. The van der Waals surface area contributed by atoms with Crippen molar-refractivity contribution in [3.63, 3.8) is 0 Å². The van der Waals surface area contributed by atoms with E-state index >= 15 is 0 Å². The minimum Gasteiger partial charge on any atom is -0.299 e. The van der Waals surface area contributed by atoms with Crippen molar-refractivity contribution in [2.75, 3.05) is 11.5 Å². The van der Waals surface area contributed by atoms with Gasteiger partial charge in [-0.1, -0.05) is 13.3 Å². The van der Waals surface area contributed by atoms with Crippen LogP contribution in [0.1, 0.15) is 45.4 Å². The summed E-state index contributed by atoms with van der Waals surface area (Å²) in [5, 5.41) is 0.